The van der Waals surface area contributed by atoms with Crippen LogP contribution in [0.15, 0.2) is 60.7 Å². The smallest absolute Gasteiger partial charge is 0.00226 e. The Kier molecular flexibility index (Phi) is 5.82. The molecule has 1 nitrogen and oxygen atoms in total. The average Bonchev–Trinajstić information content (AvgIpc) is 2.49. The summed E-state index contributed by atoms with van der Waals surface area (Å²) in [5.74, 6) is 0.582. The summed E-state index contributed by atoms with van der Waals surface area (Å²) in [6.07, 6.45) is 2.33. The molecule has 0 heterocycles. The highest BCUT2D eigenvalue weighted by molar-refractivity contribution is 5.21. The molecule has 1 atom stereocenters. The van der Waals surface area contributed by atoms with Gasteiger partial charge in [-0.2, -0.15) is 0 Å². The summed E-state index contributed by atoms with van der Waals surface area (Å²) in [7, 11) is 0. The van der Waals surface area contributed by atoms with Crippen LogP contribution >= 0.6 is 0 Å². The fraction of sp³-hybridized carbons (Fsp3) is 0.368. The molecule has 0 saturated carbocycles. The van der Waals surface area contributed by atoms with E-state index in [2.05, 4.69) is 79.8 Å². The fourth-order valence-corrected chi connectivity index (χ4v) is 2.48. The Balaban J connectivity index is 1.99. The number of hydrogen-bond donors (Lipinski definition) is 1. The molecule has 0 aromatic heterocycles. The Morgan fingerprint density at radius 2 is 1.45 bits per heavy atom. The van der Waals surface area contributed by atoms with E-state index in [4.69, 9.17) is 0 Å². The fourth-order valence-electron chi connectivity index (χ4n) is 2.48. The van der Waals surface area contributed by atoms with Gasteiger partial charge in [-0.3, -0.25) is 0 Å². The monoisotopic (exact) mass is 267 g/mol. The molecule has 2 aromatic rings. The maximum absolute atomic E-state index is 3.58. The minimum atomic E-state index is 0.540. The second-order valence-corrected chi connectivity index (χ2v) is 5.69. The van der Waals surface area contributed by atoms with Gasteiger partial charge in [-0.05, 0) is 29.9 Å². The molecule has 0 radical (unpaired) electrons. The maximum Gasteiger partial charge on any atom is 0.00226 e. The third kappa shape index (κ3) is 4.82. The van der Waals surface area contributed by atoms with Crippen LogP contribution in [0.3, 0.4) is 0 Å². The molecule has 0 saturated heterocycles. The van der Waals surface area contributed by atoms with Crippen molar-refractivity contribution < 1.29 is 0 Å². The lowest BCUT2D eigenvalue weighted by Gasteiger charge is -2.20. The van der Waals surface area contributed by atoms with E-state index in [0.29, 0.717) is 12.0 Å². The summed E-state index contributed by atoms with van der Waals surface area (Å²) in [6.45, 7) is 5.47. The standard InChI is InChI=1S/C19H25N/c1-16(2)20-15-19(18-11-7-4-8-12-18)14-13-17-9-5-3-6-10-17/h3-12,16,19-20H,13-15H2,1-2H3. The first-order valence-corrected chi connectivity index (χ1v) is 7.58. The van der Waals surface area contributed by atoms with Crippen molar-refractivity contribution in [3.63, 3.8) is 0 Å². The van der Waals surface area contributed by atoms with Gasteiger partial charge in [-0.1, -0.05) is 74.5 Å². The Morgan fingerprint density at radius 3 is 2.05 bits per heavy atom. The van der Waals surface area contributed by atoms with Gasteiger partial charge in [0.15, 0.2) is 0 Å². The van der Waals surface area contributed by atoms with Crippen LogP contribution in [0.1, 0.15) is 37.3 Å². The third-order valence-corrected chi connectivity index (χ3v) is 3.67. The van der Waals surface area contributed by atoms with Crippen molar-refractivity contribution in [1.82, 2.24) is 5.32 Å². The highest BCUT2D eigenvalue weighted by Gasteiger charge is 2.11. The summed E-state index contributed by atoms with van der Waals surface area (Å²) in [4.78, 5) is 0. The number of hydrogen-bond acceptors (Lipinski definition) is 1. The highest BCUT2D eigenvalue weighted by Crippen LogP contribution is 2.21. The first-order chi connectivity index (χ1) is 9.75. The normalized spacial score (nSPS) is 12.6. The molecule has 20 heavy (non-hydrogen) atoms. The second-order valence-electron chi connectivity index (χ2n) is 5.69. The summed E-state index contributed by atoms with van der Waals surface area (Å²) >= 11 is 0. The summed E-state index contributed by atoms with van der Waals surface area (Å²) < 4.78 is 0. The number of rotatable bonds is 7. The van der Waals surface area contributed by atoms with E-state index < -0.39 is 0 Å². The summed E-state index contributed by atoms with van der Waals surface area (Å²) in [6, 6.07) is 22.2. The van der Waals surface area contributed by atoms with Gasteiger partial charge in [-0.15, -0.1) is 0 Å². The lowest BCUT2D eigenvalue weighted by atomic mass is 9.92. The van der Waals surface area contributed by atoms with Crippen LogP contribution in [0.25, 0.3) is 0 Å². The second kappa shape index (κ2) is 7.86. The lowest BCUT2D eigenvalue weighted by molar-refractivity contribution is 0.508. The molecule has 0 aliphatic heterocycles. The number of aryl methyl sites for hydroxylation is 1. The van der Waals surface area contributed by atoms with Crippen LogP contribution in [-0.4, -0.2) is 12.6 Å². The van der Waals surface area contributed by atoms with Crippen molar-refractivity contribution >= 4 is 0 Å². The average molecular weight is 267 g/mol. The SMILES string of the molecule is CC(C)NCC(CCc1ccccc1)c1ccccc1. The minimum Gasteiger partial charge on any atom is -0.314 e. The van der Waals surface area contributed by atoms with Crippen molar-refractivity contribution in [2.75, 3.05) is 6.54 Å². The van der Waals surface area contributed by atoms with Gasteiger partial charge in [0.1, 0.15) is 0 Å². The minimum absolute atomic E-state index is 0.540. The van der Waals surface area contributed by atoms with E-state index in [1.807, 2.05) is 0 Å². The molecule has 0 bridgehead atoms. The molecule has 1 unspecified atom stereocenters. The van der Waals surface area contributed by atoms with Gasteiger partial charge in [0.05, 0.1) is 0 Å². The van der Waals surface area contributed by atoms with Crippen LogP contribution in [0.4, 0.5) is 0 Å². The Hall–Kier alpha value is -1.60. The van der Waals surface area contributed by atoms with E-state index in [1.165, 1.54) is 17.5 Å². The quantitative estimate of drug-likeness (QED) is 0.784. The Labute approximate surface area is 123 Å². The largest absolute Gasteiger partial charge is 0.314 e. The van der Waals surface area contributed by atoms with Crippen LogP contribution in [-0.2, 0) is 6.42 Å². The topological polar surface area (TPSA) is 12.0 Å². The van der Waals surface area contributed by atoms with Gasteiger partial charge in [0.2, 0.25) is 0 Å². The molecule has 1 N–H and O–H groups in total. The predicted octanol–water partition coefficient (Wildman–Crippen LogP) is 4.40. The zero-order chi connectivity index (χ0) is 14.2. The van der Waals surface area contributed by atoms with Crippen LogP contribution < -0.4 is 5.32 Å². The van der Waals surface area contributed by atoms with Crippen molar-refractivity contribution in [1.29, 1.82) is 0 Å². The molecule has 1 heteroatoms. The van der Waals surface area contributed by atoms with Crippen molar-refractivity contribution in [2.45, 2.75) is 38.6 Å². The van der Waals surface area contributed by atoms with Gasteiger partial charge in [0.25, 0.3) is 0 Å². The van der Waals surface area contributed by atoms with Gasteiger partial charge >= 0.3 is 0 Å². The number of benzene rings is 2. The molecular weight excluding hydrogens is 242 g/mol. The molecule has 106 valence electrons. The van der Waals surface area contributed by atoms with Crippen LogP contribution in [0.2, 0.25) is 0 Å². The molecule has 2 aromatic carbocycles. The van der Waals surface area contributed by atoms with E-state index in [9.17, 15) is 0 Å². The molecule has 2 rings (SSSR count). The predicted molar refractivity (Wildman–Crippen MR) is 87.1 cm³/mol. The van der Waals surface area contributed by atoms with E-state index in [-0.39, 0.29) is 0 Å². The molecule has 0 aliphatic rings. The van der Waals surface area contributed by atoms with Crippen molar-refractivity contribution in [3.8, 4) is 0 Å². The van der Waals surface area contributed by atoms with Gasteiger partial charge < -0.3 is 5.32 Å². The van der Waals surface area contributed by atoms with Crippen molar-refractivity contribution in [3.05, 3.63) is 71.8 Å². The summed E-state index contributed by atoms with van der Waals surface area (Å²) in [5.41, 5.74) is 2.87. The molecular formula is C19H25N. The van der Waals surface area contributed by atoms with E-state index >= 15 is 0 Å². The zero-order valence-corrected chi connectivity index (χ0v) is 12.5. The summed E-state index contributed by atoms with van der Waals surface area (Å²) in [5, 5.41) is 3.58. The molecule has 0 aliphatic carbocycles. The third-order valence-electron chi connectivity index (χ3n) is 3.67. The van der Waals surface area contributed by atoms with Crippen molar-refractivity contribution in [2.24, 2.45) is 0 Å². The highest BCUT2D eigenvalue weighted by atomic mass is 14.9. The van der Waals surface area contributed by atoms with Crippen LogP contribution in [0.5, 0.6) is 0 Å². The lowest BCUT2D eigenvalue weighted by Crippen LogP contribution is -2.28. The van der Waals surface area contributed by atoms with E-state index in [0.717, 1.165) is 13.0 Å². The molecule has 0 amide bonds. The Morgan fingerprint density at radius 1 is 0.850 bits per heavy atom. The van der Waals surface area contributed by atoms with Gasteiger partial charge in [0, 0.05) is 12.6 Å². The number of nitrogens with one attached hydrogen (secondary N) is 1. The van der Waals surface area contributed by atoms with E-state index in [1.54, 1.807) is 0 Å². The first-order valence-electron chi connectivity index (χ1n) is 7.58. The van der Waals surface area contributed by atoms with Gasteiger partial charge in [-0.25, -0.2) is 0 Å². The zero-order valence-electron chi connectivity index (χ0n) is 12.5. The first kappa shape index (κ1) is 14.8. The Bertz CT molecular complexity index is 476. The van der Waals surface area contributed by atoms with Crippen LogP contribution in [0, 0.1) is 0 Å². The maximum atomic E-state index is 3.58. The molecule has 0 fully saturated rings. The molecule has 0 spiro atoms.